The van der Waals surface area contributed by atoms with Crippen LogP contribution in [0.4, 0.5) is 5.69 Å². The number of nitrogens with zero attached hydrogens (tertiary/aromatic N) is 5. The lowest BCUT2D eigenvalue weighted by Crippen LogP contribution is -1.96. The van der Waals surface area contributed by atoms with Gasteiger partial charge < -0.3 is 0 Å². The second-order valence-electron chi connectivity index (χ2n) is 5.31. The summed E-state index contributed by atoms with van der Waals surface area (Å²) in [6.45, 7) is 0. The molecule has 3 heterocycles. The molecule has 4 rings (SSSR count). The monoisotopic (exact) mass is 384 g/mol. The summed E-state index contributed by atoms with van der Waals surface area (Å²) < 4.78 is 1.84. The summed E-state index contributed by atoms with van der Waals surface area (Å²) in [5, 5.41) is 5.90. The number of halogens is 2. The van der Waals surface area contributed by atoms with Crippen molar-refractivity contribution in [3.63, 3.8) is 0 Å². The topological polar surface area (TPSA) is 68.0 Å². The molecule has 0 unspecified atom stereocenters. The number of aromatic nitrogens is 4. The Kier molecular flexibility index (Phi) is 5.46. The Hall–Kier alpha value is -2.96. The maximum Gasteiger partial charge on any atom is 0.137 e. The summed E-state index contributed by atoms with van der Waals surface area (Å²) in [6.07, 6.45) is 10.5. The van der Waals surface area contributed by atoms with Crippen molar-refractivity contribution in [2.45, 2.75) is 0 Å². The number of hydrogen-bond acceptors (Lipinski definition) is 5. The largest absolute Gasteiger partial charge is 0.291 e. The van der Waals surface area contributed by atoms with Gasteiger partial charge in [0.15, 0.2) is 0 Å². The Morgan fingerprint density at radius 3 is 2.77 bits per heavy atom. The summed E-state index contributed by atoms with van der Waals surface area (Å²) in [7, 11) is 0. The van der Waals surface area contributed by atoms with Gasteiger partial charge >= 0.3 is 0 Å². The Morgan fingerprint density at radius 1 is 1.08 bits per heavy atom. The van der Waals surface area contributed by atoms with Crippen LogP contribution >= 0.6 is 24.0 Å². The highest BCUT2D eigenvalue weighted by Gasteiger charge is 2.01. The standard InChI is InChI=1S/C18H13ClN6.ClH/c19-14-2-3-15-16(5-6-21-17(15)9-14)24-23-11-13-1-4-18(22-10-13)25-8-7-20-12-25;/h1-12H,(H,21,24);1H. The van der Waals surface area contributed by atoms with E-state index in [0.717, 1.165) is 28.0 Å². The smallest absolute Gasteiger partial charge is 0.137 e. The fraction of sp³-hybridized carbons (Fsp3) is 0. The van der Waals surface area contributed by atoms with E-state index in [4.69, 9.17) is 11.6 Å². The molecule has 0 bridgehead atoms. The number of anilines is 1. The number of hydrogen-bond donors (Lipinski definition) is 1. The summed E-state index contributed by atoms with van der Waals surface area (Å²) in [6, 6.07) is 11.3. The van der Waals surface area contributed by atoms with Gasteiger partial charge in [0.2, 0.25) is 0 Å². The molecule has 3 aromatic heterocycles. The lowest BCUT2D eigenvalue weighted by atomic mass is 10.2. The van der Waals surface area contributed by atoms with Crippen LogP contribution in [0.1, 0.15) is 5.56 Å². The van der Waals surface area contributed by atoms with Crippen molar-refractivity contribution in [2.24, 2.45) is 5.10 Å². The fourth-order valence-corrected chi connectivity index (χ4v) is 2.58. The Morgan fingerprint density at radius 2 is 2.00 bits per heavy atom. The predicted molar refractivity (Wildman–Crippen MR) is 107 cm³/mol. The van der Waals surface area contributed by atoms with Crippen LogP contribution in [0.5, 0.6) is 0 Å². The van der Waals surface area contributed by atoms with Crippen molar-refractivity contribution >= 4 is 46.8 Å². The lowest BCUT2D eigenvalue weighted by molar-refractivity contribution is 0.992. The molecule has 0 saturated heterocycles. The summed E-state index contributed by atoms with van der Waals surface area (Å²) in [5.41, 5.74) is 5.61. The van der Waals surface area contributed by atoms with Crippen LogP contribution in [0.3, 0.4) is 0 Å². The summed E-state index contributed by atoms with van der Waals surface area (Å²) in [5.74, 6) is 0.805. The van der Waals surface area contributed by atoms with Crippen LogP contribution in [0, 0.1) is 0 Å². The van der Waals surface area contributed by atoms with Gasteiger partial charge in [-0.2, -0.15) is 5.10 Å². The Labute approximate surface area is 161 Å². The highest BCUT2D eigenvalue weighted by atomic mass is 35.5. The molecule has 4 aromatic rings. The van der Waals surface area contributed by atoms with E-state index >= 15 is 0 Å². The molecule has 0 aliphatic carbocycles. The van der Waals surface area contributed by atoms with Gasteiger partial charge in [-0.25, -0.2) is 9.97 Å². The van der Waals surface area contributed by atoms with E-state index in [2.05, 4.69) is 25.5 Å². The molecule has 1 N–H and O–H groups in total. The van der Waals surface area contributed by atoms with Crippen molar-refractivity contribution < 1.29 is 0 Å². The highest BCUT2D eigenvalue weighted by Crippen LogP contribution is 2.24. The molecule has 130 valence electrons. The second kappa shape index (κ2) is 7.95. The first-order valence-corrected chi connectivity index (χ1v) is 7.95. The van der Waals surface area contributed by atoms with Crippen molar-refractivity contribution in [1.82, 2.24) is 19.5 Å². The first kappa shape index (κ1) is 17.8. The van der Waals surface area contributed by atoms with Gasteiger partial charge in [0.25, 0.3) is 0 Å². The maximum absolute atomic E-state index is 6.00. The Balaban J connectivity index is 0.00000196. The van der Waals surface area contributed by atoms with Crippen LogP contribution in [0.25, 0.3) is 16.7 Å². The minimum atomic E-state index is 0. The van der Waals surface area contributed by atoms with Crippen molar-refractivity contribution in [3.8, 4) is 5.82 Å². The molecule has 0 aliphatic rings. The molecule has 0 atom stereocenters. The van der Waals surface area contributed by atoms with Crippen LogP contribution in [0.2, 0.25) is 5.02 Å². The third-order valence-electron chi connectivity index (χ3n) is 3.64. The quantitative estimate of drug-likeness (QED) is 0.419. The summed E-state index contributed by atoms with van der Waals surface area (Å²) in [4.78, 5) is 12.7. The summed E-state index contributed by atoms with van der Waals surface area (Å²) >= 11 is 6.00. The highest BCUT2D eigenvalue weighted by molar-refractivity contribution is 6.31. The number of fused-ring (bicyclic) bond motifs is 1. The van der Waals surface area contributed by atoms with E-state index in [1.165, 1.54) is 0 Å². The number of pyridine rings is 2. The second-order valence-corrected chi connectivity index (χ2v) is 5.75. The number of imidazole rings is 1. The van der Waals surface area contributed by atoms with E-state index in [9.17, 15) is 0 Å². The van der Waals surface area contributed by atoms with Gasteiger partial charge in [-0.3, -0.25) is 15.0 Å². The normalized spacial score (nSPS) is 10.8. The number of benzene rings is 1. The first-order valence-electron chi connectivity index (χ1n) is 7.57. The minimum absolute atomic E-state index is 0. The van der Waals surface area contributed by atoms with E-state index in [1.807, 2.05) is 47.2 Å². The Bertz CT molecular complexity index is 1030. The molecule has 0 amide bonds. The van der Waals surface area contributed by atoms with Gasteiger partial charge in [0.1, 0.15) is 12.1 Å². The number of nitrogens with one attached hydrogen (secondary N) is 1. The molecule has 1 aromatic carbocycles. The zero-order chi connectivity index (χ0) is 17.1. The molecular formula is C18H14Cl2N6. The van der Waals surface area contributed by atoms with E-state index in [1.54, 1.807) is 31.1 Å². The van der Waals surface area contributed by atoms with E-state index < -0.39 is 0 Å². The molecule has 8 heteroatoms. The molecule has 26 heavy (non-hydrogen) atoms. The maximum atomic E-state index is 6.00. The molecule has 0 fully saturated rings. The zero-order valence-corrected chi connectivity index (χ0v) is 15.0. The molecule has 0 saturated carbocycles. The van der Waals surface area contributed by atoms with Gasteiger partial charge in [0.05, 0.1) is 17.4 Å². The first-order chi connectivity index (χ1) is 12.3. The third kappa shape index (κ3) is 3.82. The number of hydrazone groups is 1. The SMILES string of the molecule is Cl.Clc1ccc2c(NN=Cc3ccc(-n4ccnc4)nc3)ccnc2c1. The average molecular weight is 385 g/mol. The van der Waals surface area contributed by atoms with Gasteiger partial charge in [-0.1, -0.05) is 11.6 Å². The minimum Gasteiger partial charge on any atom is -0.291 e. The van der Waals surface area contributed by atoms with E-state index in [0.29, 0.717) is 5.02 Å². The predicted octanol–water partition coefficient (Wildman–Crippen LogP) is 4.34. The van der Waals surface area contributed by atoms with Crippen LogP contribution in [-0.2, 0) is 0 Å². The fourth-order valence-electron chi connectivity index (χ4n) is 2.42. The molecule has 0 radical (unpaired) electrons. The number of rotatable bonds is 4. The molecular weight excluding hydrogens is 371 g/mol. The molecule has 6 nitrogen and oxygen atoms in total. The van der Waals surface area contributed by atoms with E-state index in [-0.39, 0.29) is 12.4 Å². The third-order valence-corrected chi connectivity index (χ3v) is 3.88. The van der Waals surface area contributed by atoms with Crippen LogP contribution in [0.15, 0.2) is 72.6 Å². The molecule has 0 spiro atoms. The van der Waals surface area contributed by atoms with Gasteiger partial charge in [0, 0.05) is 40.8 Å². The van der Waals surface area contributed by atoms with Crippen LogP contribution < -0.4 is 5.43 Å². The van der Waals surface area contributed by atoms with Crippen molar-refractivity contribution in [2.75, 3.05) is 5.43 Å². The average Bonchev–Trinajstić information content (AvgIpc) is 3.17. The lowest BCUT2D eigenvalue weighted by Gasteiger charge is -2.05. The van der Waals surface area contributed by atoms with Gasteiger partial charge in [-0.05, 0) is 36.4 Å². The van der Waals surface area contributed by atoms with Crippen LogP contribution in [-0.4, -0.2) is 25.7 Å². The van der Waals surface area contributed by atoms with Gasteiger partial charge in [-0.15, -0.1) is 12.4 Å². The van der Waals surface area contributed by atoms with Crippen molar-refractivity contribution in [1.29, 1.82) is 0 Å². The van der Waals surface area contributed by atoms with Crippen molar-refractivity contribution in [3.05, 3.63) is 78.1 Å². The zero-order valence-electron chi connectivity index (χ0n) is 13.5. The molecule has 0 aliphatic heterocycles.